The number of rotatable bonds is 4. The quantitative estimate of drug-likeness (QED) is 0.376. The summed E-state index contributed by atoms with van der Waals surface area (Å²) in [6.45, 7) is 6.26. The molecule has 1 aromatic rings. The van der Waals surface area contributed by atoms with Gasteiger partial charge in [-0.2, -0.15) is 4.31 Å². The minimum absolute atomic E-state index is 0. The summed E-state index contributed by atoms with van der Waals surface area (Å²) in [5.74, 6) is 1.61. The van der Waals surface area contributed by atoms with Crippen LogP contribution < -0.4 is 5.32 Å². The second-order valence-corrected chi connectivity index (χ2v) is 9.64. The summed E-state index contributed by atoms with van der Waals surface area (Å²) in [5.41, 5.74) is 1.05. The van der Waals surface area contributed by atoms with Crippen LogP contribution in [-0.4, -0.2) is 56.8 Å². The van der Waals surface area contributed by atoms with E-state index in [1.165, 1.54) is 12.8 Å². The molecular weight excluding hydrogens is 487 g/mol. The van der Waals surface area contributed by atoms with Gasteiger partial charge in [0.25, 0.3) is 0 Å². The Bertz CT molecular complexity index is 746. The first kappa shape index (κ1) is 23.4. The van der Waals surface area contributed by atoms with Gasteiger partial charge in [0.05, 0.1) is 4.90 Å². The number of piperidine rings is 2. The average Bonchev–Trinajstić information content (AvgIpc) is 2.69. The van der Waals surface area contributed by atoms with E-state index in [1.807, 2.05) is 19.2 Å². The Morgan fingerprint density at radius 2 is 1.79 bits per heavy atom. The number of nitrogens with one attached hydrogen (secondary N) is 1. The minimum atomic E-state index is -3.36. The second kappa shape index (κ2) is 10.8. The van der Waals surface area contributed by atoms with Crippen LogP contribution in [0.15, 0.2) is 34.2 Å². The Morgan fingerprint density at radius 1 is 1.11 bits per heavy atom. The van der Waals surface area contributed by atoms with E-state index in [4.69, 9.17) is 0 Å². The normalized spacial score (nSPS) is 21.9. The summed E-state index contributed by atoms with van der Waals surface area (Å²) in [4.78, 5) is 7.11. The molecule has 1 aromatic carbocycles. The van der Waals surface area contributed by atoms with Crippen molar-refractivity contribution in [1.82, 2.24) is 14.5 Å². The lowest BCUT2D eigenvalue weighted by Gasteiger charge is -2.33. The zero-order chi connectivity index (χ0) is 19.3. The number of sulfonamides is 1. The average molecular weight is 520 g/mol. The molecule has 2 aliphatic heterocycles. The highest BCUT2D eigenvalue weighted by molar-refractivity contribution is 14.0. The number of hydrogen-bond donors (Lipinski definition) is 1. The zero-order valence-electron chi connectivity index (χ0n) is 16.9. The van der Waals surface area contributed by atoms with E-state index in [-0.39, 0.29) is 24.0 Å². The zero-order valence-corrected chi connectivity index (χ0v) is 20.1. The number of guanidine groups is 1. The summed E-state index contributed by atoms with van der Waals surface area (Å²) in [6, 6.07) is 7.26. The Balaban J connectivity index is 0.00000280. The van der Waals surface area contributed by atoms with Crippen molar-refractivity contribution in [3.8, 4) is 0 Å². The summed E-state index contributed by atoms with van der Waals surface area (Å²) < 4.78 is 27.1. The van der Waals surface area contributed by atoms with Crippen molar-refractivity contribution in [2.75, 3.05) is 33.2 Å². The molecule has 3 rings (SSSR count). The lowest BCUT2D eigenvalue weighted by molar-refractivity contribution is 0.266. The van der Waals surface area contributed by atoms with Gasteiger partial charge in [-0.25, -0.2) is 8.42 Å². The van der Waals surface area contributed by atoms with Gasteiger partial charge in [-0.15, -0.1) is 24.0 Å². The predicted octanol–water partition coefficient (Wildman–Crippen LogP) is 3.29. The number of nitrogens with zero attached hydrogens (tertiary/aromatic N) is 3. The fourth-order valence-electron chi connectivity index (χ4n) is 3.93. The van der Waals surface area contributed by atoms with Gasteiger partial charge in [-0.3, -0.25) is 4.99 Å². The Morgan fingerprint density at radius 3 is 2.39 bits per heavy atom. The first-order valence-electron chi connectivity index (χ1n) is 10.1. The molecule has 0 spiro atoms. The topological polar surface area (TPSA) is 65.0 Å². The molecule has 1 unspecified atom stereocenters. The Kier molecular flexibility index (Phi) is 9.01. The summed E-state index contributed by atoms with van der Waals surface area (Å²) in [7, 11) is -1.54. The van der Waals surface area contributed by atoms with E-state index in [1.54, 1.807) is 16.4 Å². The molecular formula is C20H33IN4O2S. The molecule has 8 heteroatoms. The van der Waals surface area contributed by atoms with Crippen LogP contribution in [0.2, 0.25) is 0 Å². The second-order valence-electron chi connectivity index (χ2n) is 7.70. The highest BCUT2D eigenvalue weighted by Gasteiger charge is 2.25. The smallest absolute Gasteiger partial charge is 0.243 e. The molecule has 0 amide bonds. The van der Waals surface area contributed by atoms with Crippen LogP contribution in [0.3, 0.4) is 0 Å². The van der Waals surface area contributed by atoms with E-state index in [0.717, 1.165) is 43.9 Å². The number of benzene rings is 1. The van der Waals surface area contributed by atoms with Gasteiger partial charge in [0.1, 0.15) is 0 Å². The van der Waals surface area contributed by atoms with E-state index in [2.05, 4.69) is 22.1 Å². The van der Waals surface area contributed by atoms with E-state index in [0.29, 0.717) is 30.4 Å². The van der Waals surface area contributed by atoms with Crippen LogP contribution >= 0.6 is 24.0 Å². The summed E-state index contributed by atoms with van der Waals surface area (Å²) >= 11 is 0. The highest BCUT2D eigenvalue weighted by Crippen LogP contribution is 2.21. The van der Waals surface area contributed by atoms with Crippen molar-refractivity contribution < 1.29 is 8.42 Å². The molecule has 1 atom stereocenters. The number of aliphatic imine (C=N–C) groups is 1. The minimum Gasteiger partial charge on any atom is -0.352 e. The largest absolute Gasteiger partial charge is 0.352 e. The molecule has 0 bridgehead atoms. The molecule has 2 saturated heterocycles. The molecule has 28 heavy (non-hydrogen) atoms. The standard InChI is InChI=1S/C20H32N4O2S.HI/c1-17-7-6-12-23(16-17)20(21-2)22-15-18-8-10-19(11-9-18)27(25,26)24-13-4-3-5-14-24;/h8-11,17H,3-7,12-16H2,1-2H3,(H,21,22);1H. The predicted molar refractivity (Wildman–Crippen MR) is 125 cm³/mol. The molecule has 2 aliphatic rings. The van der Waals surface area contributed by atoms with Crippen LogP contribution in [0.4, 0.5) is 0 Å². The van der Waals surface area contributed by atoms with Crippen LogP contribution in [0, 0.1) is 5.92 Å². The lowest BCUT2D eigenvalue weighted by atomic mass is 10.0. The van der Waals surface area contributed by atoms with E-state index < -0.39 is 10.0 Å². The number of hydrogen-bond acceptors (Lipinski definition) is 3. The SMILES string of the molecule is CN=C(NCc1ccc(S(=O)(=O)N2CCCCC2)cc1)N1CCCC(C)C1.I. The van der Waals surface area contributed by atoms with Crippen molar-refractivity contribution >= 4 is 40.0 Å². The molecule has 0 aromatic heterocycles. The molecule has 158 valence electrons. The number of likely N-dealkylation sites (tertiary alicyclic amines) is 1. The van der Waals surface area contributed by atoms with Gasteiger partial charge in [-0.05, 0) is 49.3 Å². The Hall–Kier alpha value is -0.870. The fraction of sp³-hybridized carbons (Fsp3) is 0.650. The van der Waals surface area contributed by atoms with Crippen molar-refractivity contribution in [2.45, 2.75) is 50.5 Å². The van der Waals surface area contributed by atoms with Gasteiger partial charge in [0.2, 0.25) is 10.0 Å². The molecule has 6 nitrogen and oxygen atoms in total. The first-order chi connectivity index (χ1) is 13.0. The molecule has 0 radical (unpaired) electrons. The molecule has 2 fully saturated rings. The van der Waals surface area contributed by atoms with Crippen LogP contribution in [0.5, 0.6) is 0 Å². The van der Waals surface area contributed by atoms with Crippen molar-refractivity contribution in [3.63, 3.8) is 0 Å². The van der Waals surface area contributed by atoms with Gasteiger partial charge >= 0.3 is 0 Å². The summed E-state index contributed by atoms with van der Waals surface area (Å²) in [5, 5.41) is 3.41. The van der Waals surface area contributed by atoms with Crippen LogP contribution in [-0.2, 0) is 16.6 Å². The highest BCUT2D eigenvalue weighted by atomic mass is 127. The van der Waals surface area contributed by atoms with Crippen LogP contribution in [0.1, 0.15) is 44.6 Å². The maximum absolute atomic E-state index is 12.7. The third kappa shape index (κ3) is 5.82. The van der Waals surface area contributed by atoms with Crippen LogP contribution in [0.25, 0.3) is 0 Å². The third-order valence-electron chi connectivity index (χ3n) is 5.50. The third-order valence-corrected chi connectivity index (χ3v) is 7.41. The van der Waals surface area contributed by atoms with Crippen molar-refractivity contribution in [2.24, 2.45) is 10.9 Å². The maximum atomic E-state index is 12.7. The lowest BCUT2D eigenvalue weighted by Crippen LogP contribution is -2.45. The summed E-state index contributed by atoms with van der Waals surface area (Å²) in [6.07, 6.45) is 5.50. The molecule has 1 N–H and O–H groups in total. The van der Waals surface area contributed by atoms with Gasteiger partial charge in [-0.1, -0.05) is 25.5 Å². The maximum Gasteiger partial charge on any atom is 0.243 e. The first-order valence-corrected chi connectivity index (χ1v) is 11.5. The van der Waals surface area contributed by atoms with E-state index >= 15 is 0 Å². The monoisotopic (exact) mass is 520 g/mol. The van der Waals surface area contributed by atoms with Gasteiger partial charge in [0, 0.05) is 39.8 Å². The molecule has 0 aliphatic carbocycles. The van der Waals surface area contributed by atoms with Crippen molar-refractivity contribution in [1.29, 1.82) is 0 Å². The fourth-order valence-corrected chi connectivity index (χ4v) is 5.45. The van der Waals surface area contributed by atoms with Crippen molar-refractivity contribution in [3.05, 3.63) is 29.8 Å². The number of halogens is 1. The molecule has 2 heterocycles. The van der Waals surface area contributed by atoms with Gasteiger partial charge in [0.15, 0.2) is 5.96 Å². The van der Waals surface area contributed by atoms with Gasteiger partial charge < -0.3 is 10.2 Å². The Labute approximate surface area is 186 Å². The molecule has 0 saturated carbocycles. The van der Waals surface area contributed by atoms with E-state index in [9.17, 15) is 8.42 Å².